The maximum absolute atomic E-state index is 5.58. The van der Waals surface area contributed by atoms with Gasteiger partial charge in [0.15, 0.2) is 6.29 Å². The monoisotopic (exact) mass is 183 g/mol. The van der Waals surface area contributed by atoms with E-state index in [9.17, 15) is 0 Å². The Morgan fingerprint density at radius 3 is 2.77 bits per heavy atom. The molecule has 0 saturated heterocycles. The molecule has 74 valence electrons. The minimum Gasteiger partial charge on any atom is -0.363 e. The first-order chi connectivity index (χ1) is 6.24. The SMILES string of the molecule is CCOC(C)OC(C)c1ccc[nH]1. The Bertz CT molecular complexity index is 221. The molecule has 0 aromatic carbocycles. The van der Waals surface area contributed by atoms with Gasteiger partial charge in [-0.3, -0.25) is 0 Å². The normalized spacial score (nSPS) is 15.6. The summed E-state index contributed by atoms with van der Waals surface area (Å²) in [4.78, 5) is 3.10. The van der Waals surface area contributed by atoms with E-state index in [0.29, 0.717) is 6.61 Å². The minimum absolute atomic E-state index is 0.0524. The number of hydrogen-bond donors (Lipinski definition) is 1. The first kappa shape index (κ1) is 10.3. The van der Waals surface area contributed by atoms with Gasteiger partial charge in [0.1, 0.15) is 0 Å². The quantitative estimate of drug-likeness (QED) is 0.711. The molecular weight excluding hydrogens is 166 g/mol. The van der Waals surface area contributed by atoms with Crippen LogP contribution in [0.5, 0.6) is 0 Å². The first-order valence-corrected chi connectivity index (χ1v) is 4.64. The molecule has 0 saturated carbocycles. The molecule has 0 amide bonds. The molecule has 1 aromatic rings. The van der Waals surface area contributed by atoms with Gasteiger partial charge in [0.25, 0.3) is 0 Å². The Morgan fingerprint density at radius 2 is 2.23 bits per heavy atom. The summed E-state index contributed by atoms with van der Waals surface area (Å²) in [5.41, 5.74) is 1.08. The van der Waals surface area contributed by atoms with Gasteiger partial charge in [0, 0.05) is 18.5 Å². The van der Waals surface area contributed by atoms with Crippen LogP contribution in [-0.2, 0) is 9.47 Å². The van der Waals surface area contributed by atoms with E-state index in [2.05, 4.69) is 4.98 Å². The van der Waals surface area contributed by atoms with E-state index in [-0.39, 0.29) is 12.4 Å². The Balaban J connectivity index is 2.37. The molecule has 0 bridgehead atoms. The number of aromatic amines is 1. The van der Waals surface area contributed by atoms with E-state index in [1.165, 1.54) is 0 Å². The number of ether oxygens (including phenoxy) is 2. The molecule has 3 nitrogen and oxygen atoms in total. The number of H-pyrrole nitrogens is 1. The molecule has 1 N–H and O–H groups in total. The summed E-state index contributed by atoms with van der Waals surface area (Å²) in [6, 6.07) is 3.96. The minimum atomic E-state index is -0.150. The van der Waals surface area contributed by atoms with Crippen molar-refractivity contribution in [2.75, 3.05) is 6.61 Å². The third-order valence-electron chi connectivity index (χ3n) is 1.86. The van der Waals surface area contributed by atoms with Gasteiger partial charge in [-0.05, 0) is 32.9 Å². The summed E-state index contributed by atoms with van der Waals surface area (Å²) in [5, 5.41) is 0. The van der Waals surface area contributed by atoms with Crippen LogP contribution >= 0.6 is 0 Å². The maximum Gasteiger partial charge on any atom is 0.155 e. The van der Waals surface area contributed by atoms with Gasteiger partial charge >= 0.3 is 0 Å². The average molecular weight is 183 g/mol. The zero-order valence-electron chi connectivity index (χ0n) is 8.41. The van der Waals surface area contributed by atoms with Crippen molar-refractivity contribution in [1.82, 2.24) is 4.98 Å². The maximum atomic E-state index is 5.58. The summed E-state index contributed by atoms with van der Waals surface area (Å²) in [7, 11) is 0. The zero-order chi connectivity index (χ0) is 9.68. The predicted molar refractivity (Wildman–Crippen MR) is 51.4 cm³/mol. The molecule has 1 heterocycles. The van der Waals surface area contributed by atoms with Crippen molar-refractivity contribution >= 4 is 0 Å². The second kappa shape index (κ2) is 5.04. The Labute approximate surface area is 79.1 Å². The van der Waals surface area contributed by atoms with Crippen LogP contribution in [-0.4, -0.2) is 17.9 Å². The highest BCUT2D eigenvalue weighted by atomic mass is 16.7. The van der Waals surface area contributed by atoms with Gasteiger partial charge in [-0.2, -0.15) is 0 Å². The van der Waals surface area contributed by atoms with Crippen LogP contribution < -0.4 is 0 Å². The van der Waals surface area contributed by atoms with Gasteiger partial charge in [-0.25, -0.2) is 0 Å². The largest absolute Gasteiger partial charge is 0.363 e. The molecule has 0 radical (unpaired) electrons. The van der Waals surface area contributed by atoms with Crippen molar-refractivity contribution in [3.63, 3.8) is 0 Å². The highest BCUT2D eigenvalue weighted by Crippen LogP contribution is 2.16. The molecule has 3 heteroatoms. The summed E-state index contributed by atoms with van der Waals surface area (Å²) >= 11 is 0. The smallest absolute Gasteiger partial charge is 0.155 e. The number of aromatic nitrogens is 1. The van der Waals surface area contributed by atoms with Crippen molar-refractivity contribution in [2.24, 2.45) is 0 Å². The topological polar surface area (TPSA) is 34.2 Å². The van der Waals surface area contributed by atoms with Gasteiger partial charge in [0.05, 0.1) is 6.10 Å². The summed E-state index contributed by atoms with van der Waals surface area (Å²) in [6.07, 6.45) is 1.79. The van der Waals surface area contributed by atoms with E-state index >= 15 is 0 Å². The van der Waals surface area contributed by atoms with Gasteiger partial charge in [-0.1, -0.05) is 0 Å². The molecule has 1 aromatic heterocycles. The second-order valence-corrected chi connectivity index (χ2v) is 2.93. The second-order valence-electron chi connectivity index (χ2n) is 2.93. The van der Waals surface area contributed by atoms with Crippen LogP contribution in [0, 0.1) is 0 Å². The molecule has 0 spiro atoms. The van der Waals surface area contributed by atoms with Crippen LogP contribution in [0.15, 0.2) is 18.3 Å². The number of hydrogen-bond acceptors (Lipinski definition) is 2. The third kappa shape index (κ3) is 3.20. The lowest BCUT2D eigenvalue weighted by Gasteiger charge is -2.17. The molecule has 13 heavy (non-hydrogen) atoms. The highest BCUT2D eigenvalue weighted by Gasteiger charge is 2.10. The van der Waals surface area contributed by atoms with Gasteiger partial charge < -0.3 is 14.5 Å². The van der Waals surface area contributed by atoms with Crippen molar-refractivity contribution in [3.05, 3.63) is 24.0 Å². The molecular formula is C10H17NO2. The molecule has 2 atom stereocenters. The van der Waals surface area contributed by atoms with Crippen LogP contribution in [0.1, 0.15) is 32.6 Å². The molecule has 0 aliphatic heterocycles. The lowest BCUT2D eigenvalue weighted by molar-refractivity contribution is -0.155. The van der Waals surface area contributed by atoms with Crippen molar-refractivity contribution in [3.8, 4) is 0 Å². The lowest BCUT2D eigenvalue weighted by Crippen LogP contribution is -2.15. The van der Waals surface area contributed by atoms with Crippen LogP contribution in [0.25, 0.3) is 0 Å². The Hall–Kier alpha value is -0.800. The summed E-state index contributed by atoms with van der Waals surface area (Å²) in [6.45, 7) is 6.54. The summed E-state index contributed by atoms with van der Waals surface area (Å²) in [5.74, 6) is 0. The fraction of sp³-hybridized carbons (Fsp3) is 0.600. The molecule has 0 aliphatic carbocycles. The third-order valence-corrected chi connectivity index (χ3v) is 1.86. The van der Waals surface area contributed by atoms with E-state index in [4.69, 9.17) is 9.47 Å². The van der Waals surface area contributed by atoms with Crippen LogP contribution in [0.4, 0.5) is 0 Å². The van der Waals surface area contributed by atoms with E-state index in [0.717, 1.165) is 5.69 Å². The van der Waals surface area contributed by atoms with Crippen LogP contribution in [0.3, 0.4) is 0 Å². The van der Waals surface area contributed by atoms with E-state index in [1.54, 1.807) is 0 Å². The molecule has 1 rings (SSSR count). The van der Waals surface area contributed by atoms with E-state index in [1.807, 2.05) is 39.1 Å². The fourth-order valence-electron chi connectivity index (χ4n) is 1.23. The Kier molecular flexibility index (Phi) is 3.99. The number of rotatable bonds is 5. The van der Waals surface area contributed by atoms with Crippen molar-refractivity contribution < 1.29 is 9.47 Å². The predicted octanol–water partition coefficient (Wildman–Crippen LogP) is 2.47. The lowest BCUT2D eigenvalue weighted by atomic mass is 10.3. The molecule has 0 aliphatic rings. The average Bonchev–Trinajstić information content (AvgIpc) is 2.55. The van der Waals surface area contributed by atoms with Gasteiger partial charge in [-0.15, -0.1) is 0 Å². The first-order valence-electron chi connectivity index (χ1n) is 4.64. The summed E-state index contributed by atoms with van der Waals surface area (Å²) < 4.78 is 10.9. The van der Waals surface area contributed by atoms with Crippen molar-refractivity contribution in [2.45, 2.75) is 33.2 Å². The van der Waals surface area contributed by atoms with Crippen molar-refractivity contribution in [1.29, 1.82) is 0 Å². The van der Waals surface area contributed by atoms with Gasteiger partial charge in [0.2, 0.25) is 0 Å². The van der Waals surface area contributed by atoms with E-state index < -0.39 is 0 Å². The zero-order valence-corrected chi connectivity index (χ0v) is 8.41. The Morgan fingerprint density at radius 1 is 1.46 bits per heavy atom. The molecule has 0 fully saturated rings. The standard InChI is InChI=1S/C10H17NO2/c1-4-12-9(3)13-8(2)10-6-5-7-11-10/h5-9,11H,4H2,1-3H3. The molecule has 2 unspecified atom stereocenters. The highest BCUT2D eigenvalue weighted by molar-refractivity contribution is 5.06. The number of nitrogens with one attached hydrogen (secondary N) is 1. The fourth-order valence-corrected chi connectivity index (χ4v) is 1.23. The van der Waals surface area contributed by atoms with Crippen LogP contribution in [0.2, 0.25) is 0 Å².